The number of hydrogen-bond acceptors (Lipinski definition) is 4. The topological polar surface area (TPSA) is 66.7 Å². The molecule has 2 aromatic rings. The molecular weight excluding hydrogens is 280 g/mol. The van der Waals surface area contributed by atoms with Crippen LogP contribution in [0.15, 0.2) is 29.2 Å². The molecule has 1 N–H and O–H groups in total. The highest BCUT2D eigenvalue weighted by Crippen LogP contribution is 2.08. The molecule has 1 amide bonds. The van der Waals surface area contributed by atoms with Crippen LogP contribution in [0.25, 0.3) is 5.65 Å². The van der Waals surface area contributed by atoms with Crippen molar-refractivity contribution >= 4 is 23.2 Å². The number of carbonyl (C=O) groups is 1. The van der Waals surface area contributed by atoms with E-state index in [9.17, 15) is 9.59 Å². The smallest absolute Gasteiger partial charge is 0.258 e. The SMILES string of the molecule is CNC(=O)CN(C)Cc1cc(=O)n2cc(Cl)ccc2n1. The minimum atomic E-state index is -0.194. The lowest BCUT2D eigenvalue weighted by atomic mass is 10.3. The number of nitrogens with zero attached hydrogens (tertiary/aromatic N) is 3. The van der Waals surface area contributed by atoms with Crippen LogP contribution in [0.2, 0.25) is 5.02 Å². The number of rotatable bonds is 4. The molecule has 2 heterocycles. The molecule has 0 atom stereocenters. The molecule has 0 saturated heterocycles. The van der Waals surface area contributed by atoms with Crippen molar-refractivity contribution in [1.29, 1.82) is 0 Å². The number of carbonyl (C=O) groups excluding carboxylic acids is 1. The number of amides is 1. The summed E-state index contributed by atoms with van der Waals surface area (Å²) in [6.45, 7) is 0.667. The maximum absolute atomic E-state index is 12.0. The highest BCUT2D eigenvalue weighted by molar-refractivity contribution is 6.30. The number of halogens is 1. The summed E-state index contributed by atoms with van der Waals surface area (Å²) in [6.07, 6.45) is 1.53. The van der Waals surface area contributed by atoms with Crippen molar-refractivity contribution in [3.05, 3.63) is 45.5 Å². The second-order valence-corrected chi connectivity index (χ2v) is 4.94. The Hall–Kier alpha value is -1.92. The molecule has 0 unspecified atom stereocenters. The van der Waals surface area contributed by atoms with Crippen LogP contribution in [0.1, 0.15) is 5.69 Å². The van der Waals surface area contributed by atoms with Gasteiger partial charge in [-0.1, -0.05) is 11.6 Å². The van der Waals surface area contributed by atoms with Gasteiger partial charge in [0.15, 0.2) is 0 Å². The highest BCUT2D eigenvalue weighted by atomic mass is 35.5. The lowest BCUT2D eigenvalue weighted by molar-refractivity contribution is -0.121. The lowest BCUT2D eigenvalue weighted by Crippen LogP contribution is -2.33. The monoisotopic (exact) mass is 294 g/mol. The van der Waals surface area contributed by atoms with Gasteiger partial charge in [0, 0.05) is 25.9 Å². The Morgan fingerprint density at radius 2 is 2.25 bits per heavy atom. The molecule has 0 radical (unpaired) electrons. The van der Waals surface area contributed by atoms with Crippen LogP contribution < -0.4 is 10.9 Å². The normalized spacial score (nSPS) is 11.0. The highest BCUT2D eigenvalue weighted by Gasteiger charge is 2.08. The number of hydrogen-bond donors (Lipinski definition) is 1. The summed E-state index contributed by atoms with van der Waals surface area (Å²) >= 11 is 5.85. The van der Waals surface area contributed by atoms with Gasteiger partial charge in [0.1, 0.15) is 5.65 Å². The van der Waals surface area contributed by atoms with Crippen molar-refractivity contribution < 1.29 is 4.79 Å². The molecule has 0 aliphatic rings. The maximum Gasteiger partial charge on any atom is 0.258 e. The van der Waals surface area contributed by atoms with Gasteiger partial charge < -0.3 is 5.32 Å². The Morgan fingerprint density at radius 3 is 2.95 bits per heavy atom. The van der Waals surface area contributed by atoms with Crippen LogP contribution in [0.5, 0.6) is 0 Å². The fourth-order valence-corrected chi connectivity index (χ4v) is 2.02. The van der Waals surface area contributed by atoms with Gasteiger partial charge in [-0.3, -0.25) is 18.9 Å². The fourth-order valence-electron chi connectivity index (χ4n) is 1.86. The van der Waals surface area contributed by atoms with Gasteiger partial charge in [0.05, 0.1) is 17.3 Å². The summed E-state index contributed by atoms with van der Waals surface area (Å²) < 4.78 is 1.39. The van der Waals surface area contributed by atoms with Crippen LogP contribution in [-0.2, 0) is 11.3 Å². The van der Waals surface area contributed by atoms with Gasteiger partial charge in [0.2, 0.25) is 5.91 Å². The standard InChI is InChI=1S/C13H15ClN4O2/c1-15-12(19)8-17(2)7-10-5-13(20)18-6-9(14)3-4-11(18)16-10/h3-6H,7-8H2,1-2H3,(H,15,19). The van der Waals surface area contributed by atoms with Crippen molar-refractivity contribution in [2.75, 3.05) is 20.6 Å². The van der Waals surface area contributed by atoms with Crippen LogP contribution in [0.4, 0.5) is 0 Å². The molecule has 0 fully saturated rings. The summed E-state index contributed by atoms with van der Waals surface area (Å²) in [5, 5.41) is 3.03. The largest absolute Gasteiger partial charge is 0.358 e. The van der Waals surface area contributed by atoms with Crippen molar-refractivity contribution in [3.63, 3.8) is 0 Å². The molecule has 0 spiro atoms. The van der Waals surface area contributed by atoms with Crippen LogP contribution in [0.3, 0.4) is 0 Å². The molecule has 0 aromatic carbocycles. The quantitative estimate of drug-likeness (QED) is 0.893. The Balaban J connectivity index is 2.26. The fraction of sp³-hybridized carbons (Fsp3) is 0.308. The summed E-state index contributed by atoms with van der Waals surface area (Å²) in [7, 11) is 3.38. The lowest BCUT2D eigenvalue weighted by Gasteiger charge is -2.15. The van der Waals surface area contributed by atoms with Crippen LogP contribution >= 0.6 is 11.6 Å². The number of fused-ring (bicyclic) bond motifs is 1. The zero-order valence-electron chi connectivity index (χ0n) is 11.3. The predicted molar refractivity (Wildman–Crippen MR) is 76.9 cm³/mol. The van der Waals surface area contributed by atoms with Crippen molar-refractivity contribution in [1.82, 2.24) is 19.6 Å². The third kappa shape index (κ3) is 3.34. The van der Waals surface area contributed by atoms with Crippen LogP contribution in [0, 0.1) is 0 Å². The van der Waals surface area contributed by atoms with Crippen LogP contribution in [-0.4, -0.2) is 40.8 Å². The second kappa shape index (κ2) is 6.02. The number of aromatic nitrogens is 2. The van der Waals surface area contributed by atoms with E-state index >= 15 is 0 Å². The summed E-state index contributed by atoms with van der Waals surface area (Å²) in [4.78, 5) is 29.4. The molecule has 7 heteroatoms. The van der Waals surface area contributed by atoms with Gasteiger partial charge >= 0.3 is 0 Å². The van der Waals surface area contributed by atoms with E-state index in [-0.39, 0.29) is 18.0 Å². The van der Waals surface area contributed by atoms with Gasteiger partial charge in [0.25, 0.3) is 5.56 Å². The minimum absolute atomic E-state index is 0.0863. The molecule has 0 bridgehead atoms. The summed E-state index contributed by atoms with van der Waals surface area (Å²) in [6, 6.07) is 4.82. The first-order valence-corrected chi connectivity index (χ1v) is 6.44. The third-order valence-electron chi connectivity index (χ3n) is 2.80. The van der Waals surface area contributed by atoms with Gasteiger partial charge in [-0.2, -0.15) is 0 Å². The number of likely N-dealkylation sites (N-methyl/N-ethyl adjacent to an activating group) is 2. The predicted octanol–water partition coefficient (Wildman–Crippen LogP) is 0.526. The number of nitrogens with one attached hydrogen (secondary N) is 1. The van der Waals surface area contributed by atoms with Crippen molar-refractivity contribution in [2.45, 2.75) is 6.54 Å². The first kappa shape index (κ1) is 14.5. The molecule has 20 heavy (non-hydrogen) atoms. The molecule has 0 saturated carbocycles. The van der Waals surface area contributed by atoms with E-state index in [4.69, 9.17) is 11.6 Å². The van der Waals surface area contributed by atoms with E-state index in [1.807, 2.05) is 0 Å². The molecule has 106 valence electrons. The van der Waals surface area contributed by atoms with E-state index in [0.29, 0.717) is 22.9 Å². The maximum atomic E-state index is 12.0. The third-order valence-corrected chi connectivity index (χ3v) is 3.02. The minimum Gasteiger partial charge on any atom is -0.358 e. The Bertz CT molecular complexity index is 698. The van der Waals surface area contributed by atoms with E-state index in [1.54, 1.807) is 31.1 Å². The average Bonchev–Trinajstić information content (AvgIpc) is 2.39. The van der Waals surface area contributed by atoms with Gasteiger partial charge in [-0.25, -0.2) is 4.98 Å². The second-order valence-electron chi connectivity index (χ2n) is 4.51. The van der Waals surface area contributed by atoms with Crippen molar-refractivity contribution in [2.24, 2.45) is 0 Å². The molecule has 0 aliphatic heterocycles. The average molecular weight is 295 g/mol. The molecular formula is C13H15ClN4O2. The molecule has 0 aliphatic carbocycles. The summed E-state index contributed by atoms with van der Waals surface area (Å²) in [5.41, 5.74) is 0.954. The van der Waals surface area contributed by atoms with Gasteiger partial charge in [-0.15, -0.1) is 0 Å². The van der Waals surface area contributed by atoms with Gasteiger partial charge in [-0.05, 0) is 19.2 Å². The number of pyridine rings is 1. The zero-order valence-corrected chi connectivity index (χ0v) is 12.0. The van der Waals surface area contributed by atoms with E-state index in [0.717, 1.165) is 0 Å². The Morgan fingerprint density at radius 1 is 1.50 bits per heavy atom. The molecule has 2 rings (SSSR count). The first-order chi connectivity index (χ1) is 9.49. The zero-order chi connectivity index (χ0) is 14.7. The molecule has 2 aromatic heterocycles. The Labute approximate surface area is 121 Å². The van der Waals surface area contributed by atoms with E-state index < -0.39 is 0 Å². The first-order valence-electron chi connectivity index (χ1n) is 6.06. The van der Waals surface area contributed by atoms with E-state index in [1.165, 1.54) is 16.7 Å². The summed E-state index contributed by atoms with van der Waals surface area (Å²) in [5.74, 6) is -0.0863. The Kier molecular flexibility index (Phi) is 4.36. The molecule has 6 nitrogen and oxygen atoms in total. The van der Waals surface area contributed by atoms with Crippen molar-refractivity contribution in [3.8, 4) is 0 Å². The van der Waals surface area contributed by atoms with E-state index in [2.05, 4.69) is 10.3 Å².